The van der Waals surface area contributed by atoms with Crippen LogP contribution >= 0.6 is 0 Å². The van der Waals surface area contributed by atoms with Gasteiger partial charge in [0.25, 0.3) is 0 Å². The quantitative estimate of drug-likeness (QED) is 0.859. The van der Waals surface area contributed by atoms with Gasteiger partial charge in [0.05, 0.1) is 11.6 Å². The summed E-state index contributed by atoms with van der Waals surface area (Å²) in [6.45, 7) is 3.05. The van der Waals surface area contributed by atoms with Gasteiger partial charge < -0.3 is 5.73 Å². The maximum absolute atomic E-state index is 8.80. The van der Waals surface area contributed by atoms with Crippen molar-refractivity contribution in [3.05, 3.63) is 35.4 Å². The highest BCUT2D eigenvalue weighted by atomic mass is 15.2. The number of benzene rings is 1. The van der Waals surface area contributed by atoms with Crippen LogP contribution in [0.4, 0.5) is 0 Å². The van der Waals surface area contributed by atoms with Gasteiger partial charge in [0.1, 0.15) is 0 Å². The van der Waals surface area contributed by atoms with E-state index in [2.05, 4.69) is 23.1 Å². The molecule has 0 amide bonds. The molecule has 0 radical (unpaired) electrons. The van der Waals surface area contributed by atoms with Crippen LogP contribution < -0.4 is 5.73 Å². The molecule has 1 aromatic rings. The molecule has 2 N–H and O–H groups in total. The summed E-state index contributed by atoms with van der Waals surface area (Å²) < 4.78 is 0. The second kappa shape index (κ2) is 5.81. The van der Waals surface area contributed by atoms with Crippen molar-refractivity contribution < 1.29 is 0 Å². The molecule has 1 aliphatic heterocycles. The van der Waals surface area contributed by atoms with Crippen molar-refractivity contribution in [1.82, 2.24) is 4.90 Å². The lowest BCUT2D eigenvalue weighted by Gasteiger charge is -2.27. The van der Waals surface area contributed by atoms with E-state index in [0.29, 0.717) is 12.6 Å². The van der Waals surface area contributed by atoms with Crippen molar-refractivity contribution in [2.45, 2.75) is 25.3 Å². The van der Waals surface area contributed by atoms with E-state index in [1.54, 1.807) is 0 Å². The Balaban J connectivity index is 2.16. The van der Waals surface area contributed by atoms with Crippen molar-refractivity contribution >= 4 is 0 Å². The molecule has 2 rings (SSSR count). The highest BCUT2D eigenvalue weighted by Gasteiger charge is 2.22. The van der Waals surface area contributed by atoms with E-state index in [9.17, 15) is 0 Å². The zero-order valence-corrected chi connectivity index (χ0v) is 10.1. The van der Waals surface area contributed by atoms with Gasteiger partial charge in [-0.25, -0.2) is 0 Å². The molecular formula is C14H19N3. The summed E-state index contributed by atoms with van der Waals surface area (Å²) in [4.78, 5) is 2.51. The van der Waals surface area contributed by atoms with Crippen molar-refractivity contribution in [2.24, 2.45) is 5.73 Å². The Morgan fingerprint density at radius 2 is 1.88 bits per heavy atom. The fourth-order valence-electron chi connectivity index (χ4n) is 2.55. The zero-order valence-electron chi connectivity index (χ0n) is 10.1. The summed E-state index contributed by atoms with van der Waals surface area (Å²) in [6, 6.07) is 10.5. The van der Waals surface area contributed by atoms with Crippen LogP contribution in [0.5, 0.6) is 0 Å². The first-order valence-electron chi connectivity index (χ1n) is 6.29. The predicted molar refractivity (Wildman–Crippen MR) is 68.4 cm³/mol. The van der Waals surface area contributed by atoms with Gasteiger partial charge in [-0.1, -0.05) is 12.1 Å². The smallest absolute Gasteiger partial charge is 0.0991 e. The Labute approximate surface area is 103 Å². The zero-order chi connectivity index (χ0) is 12.1. The van der Waals surface area contributed by atoms with Crippen LogP contribution in [0.25, 0.3) is 0 Å². The first-order chi connectivity index (χ1) is 8.35. The van der Waals surface area contributed by atoms with Crippen molar-refractivity contribution in [3.63, 3.8) is 0 Å². The van der Waals surface area contributed by atoms with Crippen molar-refractivity contribution in [3.8, 4) is 6.07 Å². The number of hydrogen-bond donors (Lipinski definition) is 1. The molecule has 3 heteroatoms. The molecule has 1 fully saturated rings. The monoisotopic (exact) mass is 229 g/mol. The summed E-state index contributed by atoms with van der Waals surface area (Å²) in [5, 5.41) is 8.80. The number of nitrogens with two attached hydrogens (primary N) is 1. The van der Waals surface area contributed by atoms with E-state index in [4.69, 9.17) is 11.0 Å². The summed E-state index contributed by atoms with van der Waals surface area (Å²) in [6.07, 6.45) is 3.57. The molecule has 1 aliphatic rings. The van der Waals surface area contributed by atoms with Gasteiger partial charge in [0, 0.05) is 6.04 Å². The molecule has 1 heterocycles. The average molecular weight is 229 g/mol. The second-order valence-corrected chi connectivity index (χ2v) is 4.57. The Morgan fingerprint density at radius 3 is 2.41 bits per heavy atom. The van der Waals surface area contributed by atoms with E-state index in [-0.39, 0.29) is 0 Å². The molecule has 0 bridgehead atoms. The lowest BCUT2D eigenvalue weighted by molar-refractivity contribution is 0.236. The fourth-order valence-corrected chi connectivity index (χ4v) is 2.55. The van der Waals surface area contributed by atoms with E-state index < -0.39 is 0 Å². The molecule has 17 heavy (non-hydrogen) atoms. The summed E-state index contributed by atoms with van der Waals surface area (Å²) in [7, 11) is 0. The van der Waals surface area contributed by atoms with Crippen LogP contribution in [0.15, 0.2) is 24.3 Å². The average Bonchev–Trinajstić information content (AvgIpc) is 2.90. The van der Waals surface area contributed by atoms with Crippen LogP contribution in [-0.2, 0) is 0 Å². The van der Waals surface area contributed by atoms with Gasteiger partial charge >= 0.3 is 0 Å². The van der Waals surface area contributed by atoms with Gasteiger partial charge in [-0.2, -0.15) is 5.26 Å². The largest absolute Gasteiger partial charge is 0.330 e. The third-order valence-corrected chi connectivity index (χ3v) is 3.45. The minimum absolute atomic E-state index is 0.426. The highest BCUT2D eigenvalue weighted by Crippen LogP contribution is 2.27. The Hall–Kier alpha value is -1.37. The molecule has 3 nitrogen and oxygen atoms in total. The molecule has 0 saturated carbocycles. The minimum atomic E-state index is 0.426. The number of rotatable bonds is 4. The van der Waals surface area contributed by atoms with Gasteiger partial charge in [-0.3, -0.25) is 4.90 Å². The maximum Gasteiger partial charge on any atom is 0.0991 e. The SMILES string of the molecule is N#Cc1ccc(C(CCN)N2CCCC2)cc1. The van der Waals surface area contributed by atoms with Gasteiger partial charge in [-0.15, -0.1) is 0 Å². The Kier molecular flexibility index (Phi) is 4.13. The Bertz CT molecular complexity index is 385. The molecule has 0 aliphatic carbocycles. The van der Waals surface area contributed by atoms with Crippen LogP contribution in [0.3, 0.4) is 0 Å². The Morgan fingerprint density at radius 1 is 1.24 bits per heavy atom. The first-order valence-corrected chi connectivity index (χ1v) is 6.29. The molecule has 0 aromatic heterocycles. The minimum Gasteiger partial charge on any atom is -0.330 e. The topological polar surface area (TPSA) is 53.1 Å². The number of likely N-dealkylation sites (tertiary alicyclic amines) is 1. The summed E-state index contributed by atoms with van der Waals surface area (Å²) >= 11 is 0. The van der Waals surface area contributed by atoms with E-state index in [1.807, 2.05) is 12.1 Å². The highest BCUT2D eigenvalue weighted by molar-refractivity contribution is 5.33. The lowest BCUT2D eigenvalue weighted by Crippen LogP contribution is -2.27. The number of nitriles is 1. The van der Waals surface area contributed by atoms with E-state index in [0.717, 1.165) is 12.0 Å². The molecule has 90 valence electrons. The van der Waals surface area contributed by atoms with E-state index in [1.165, 1.54) is 31.5 Å². The lowest BCUT2D eigenvalue weighted by atomic mass is 10.0. The summed E-state index contributed by atoms with van der Waals surface area (Å²) in [5.41, 5.74) is 7.72. The standard InChI is InChI=1S/C14H19N3/c15-8-7-14(17-9-1-2-10-17)13-5-3-12(11-16)4-6-13/h3-6,14H,1-2,7-10,15H2. The third kappa shape index (κ3) is 2.85. The van der Waals surface area contributed by atoms with Gasteiger partial charge in [0.15, 0.2) is 0 Å². The molecule has 1 aromatic carbocycles. The number of nitrogens with zero attached hydrogens (tertiary/aromatic N) is 2. The number of hydrogen-bond acceptors (Lipinski definition) is 3. The first kappa shape index (κ1) is 12.1. The third-order valence-electron chi connectivity index (χ3n) is 3.45. The van der Waals surface area contributed by atoms with Crippen molar-refractivity contribution in [1.29, 1.82) is 5.26 Å². The molecule has 1 atom stereocenters. The van der Waals surface area contributed by atoms with Crippen molar-refractivity contribution in [2.75, 3.05) is 19.6 Å². The summed E-state index contributed by atoms with van der Waals surface area (Å²) in [5.74, 6) is 0. The molecule has 1 unspecified atom stereocenters. The van der Waals surface area contributed by atoms with Crippen LogP contribution in [0, 0.1) is 11.3 Å². The van der Waals surface area contributed by atoms with Crippen LogP contribution in [0.2, 0.25) is 0 Å². The predicted octanol–water partition coefficient (Wildman–Crippen LogP) is 2.04. The van der Waals surface area contributed by atoms with Gasteiger partial charge in [-0.05, 0) is 56.6 Å². The van der Waals surface area contributed by atoms with Gasteiger partial charge in [0.2, 0.25) is 0 Å². The second-order valence-electron chi connectivity index (χ2n) is 4.57. The molecular weight excluding hydrogens is 210 g/mol. The van der Waals surface area contributed by atoms with E-state index >= 15 is 0 Å². The van der Waals surface area contributed by atoms with Crippen LogP contribution in [-0.4, -0.2) is 24.5 Å². The fraction of sp³-hybridized carbons (Fsp3) is 0.500. The molecule has 0 spiro atoms. The maximum atomic E-state index is 8.80. The molecule has 1 saturated heterocycles. The normalized spacial score (nSPS) is 17.9. The van der Waals surface area contributed by atoms with Crippen LogP contribution in [0.1, 0.15) is 36.4 Å².